The molecule has 0 amide bonds. The number of nitrogens with one attached hydrogen (secondary N) is 1. The minimum absolute atomic E-state index is 0.0934. The highest BCUT2D eigenvalue weighted by Gasteiger charge is 2.36. The molecule has 3 N–H and O–H groups in total. The molecule has 0 saturated carbocycles. The van der Waals surface area contributed by atoms with Gasteiger partial charge in [0.15, 0.2) is 0 Å². The van der Waals surface area contributed by atoms with E-state index in [2.05, 4.69) is 10.2 Å². The van der Waals surface area contributed by atoms with Gasteiger partial charge < -0.3 is 15.2 Å². The van der Waals surface area contributed by atoms with E-state index in [1.54, 1.807) is 18.2 Å². The molecule has 1 unspecified atom stereocenters. The Morgan fingerprint density at radius 2 is 1.97 bits per heavy atom. The third-order valence-electron chi connectivity index (χ3n) is 4.94. The summed E-state index contributed by atoms with van der Waals surface area (Å²) in [5.74, 6) is -0.0820. The first-order chi connectivity index (χ1) is 14.8. The van der Waals surface area contributed by atoms with Gasteiger partial charge in [0.2, 0.25) is 11.8 Å². The van der Waals surface area contributed by atoms with Crippen LogP contribution in [0.2, 0.25) is 0 Å². The molecule has 0 spiro atoms. The molecule has 2 heterocycles. The summed E-state index contributed by atoms with van der Waals surface area (Å²) in [5, 5.41) is 16.8. The molecule has 6 nitrogen and oxygen atoms in total. The number of aromatic amines is 1. The van der Waals surface area contributed by atoms with Crippen molar-refractivity contribution >= 4 is 0 Å². The number of halogens is 3. The maximum atomic E-state index is 13.0. The average Bonchev–Trinajstić information content (AvgIpc) is 3.16. The van der Waals surface area contributed by atoms with Crippen LogP contribution in [-0.2, 0) is 6.18 Å². The molecule has 0 aliphatic carbocycles. The van der Waals surface area contributed by atoms with Crippen LogP contribution in [0, 0.1) is 11.3 Å². The third-order valence-corrected chi connectivity index (χ3v) is 4.94. The second-order valence-electron chi connectivity index (χ2n) is 6.82. The van der Waals surface area contributed by atoms with Gasteiger partial charge in [-0.25, -0.2) is 0 Å². The van der Waals surface area contributed by atoms with Gasteiger partial charge in [-0.15, -0.1) is 5.10 Å². The first-order valence-electron chi connectivity index (χ1n) is 9.39. The van der Waals surface area contributed by atoms with Crippen LogP contribution in [0.3, 0.4) is 0 Å². The van der Waals surface area contributed by atoms with E-state index in [1.165, 1.54) is 12.1 Å². The van der Waals surface area contributed by atoms with E-state index in [0.717, 1.165) is 17.7 Å². The highest BCUT2D eigenvalue weighted by atomic mass is 19.4. The van der Waals surface area contributed by atoms with Crippen molar-refractivity contribution < 1.29 is 22.6 Å². The lowest BCUT2D eigenvalue weighted by Crippen LogP contribution is -2.21. The summed E-state index contributed by atoms with van der Waals surface area (Å²) >= 11 is 0. The zero-order valence-electron chi connectivity index (χ0n) is 16.3. The van der Waals surface area contributed by atoms with E-state index < -0.39 is 17.7 Å². The highest BCUT2D eigenvalue weighted by Crippen LogP contribution is 2.46. The predicted molar refractivity (Wildman–Crippen MR) is 106 cm³/mol. The van der Waals surface area contributed by atoms with Crippen LogP contribution in [-0.4, -0.2) is 16.8 Å². The zero-order valence-corrected chi connectivity index (χ0v) is 16.3. The van der Waals surface area contributed by atoms with Crippen molar-refractivity contribution in [2.75, 3.05) is 6.61 Å². The van der Waals surface area contributed by atoms with Crippen LogP contribution >= 0.6 is 0 Å². The molecule has 0 bridgehead atoms. The van der Waals surface area contributed by atoms with Crippen molar-refractivity contribution in [2.45, 2.75) is 19.0 Å². The molecule has 9 heteroatoms. The lowest BCUT2D eigenvalue weighted by molar-refractivity contribution is -0.137. The fraction of sp³-hybridized carbons (Fsp3) is 0.182. The van der Waals surface area contributed by atoms with E-state index >= 15 is 0 Å². The van der Waals surface area contributed by atoms with Gasteiger partial charge in [-0.2, -0.15) is 18.4 Å². The normalized spacial score (nSPS) is 15.8. The molecule has 1 aliphatic heterocycles. The summed E-state index contributed by atoms with van der Waals surface area (Å²) in [6, 6.07) is 13.9. The van der Waals surface area contributed by atoms with Crippen LogP contribution in [0.1, 0.15) is 29.5 Å². The number of hydrogen-bond donors (Lipinski definition) is 2. The number of nitriles is 1. The predicted octanol–water partition coefficient (Wildman–Crippen LogP) is 4.71. The maximum Gasteiger partial charge on any atom is 0.416 e. The van der Waals surface area contributed by atoms with Crippen molar-refractivity contribution in [1.82, 2.24) is 10.2 Å². The van der Waals surface area contributed by atoms with Gasteiger partial charge >= 0.3 is 6.18 Å². The lowest BCUT2D eigenvalue weighted by Gasteiger charge is -2.24. The monoisotopic (exact) mass is 426 g/mol. The lowest BCUT2D eigenvalue weighted by atomic mass is 9.82. The summed E-state index contributed by atoms with van der Waals surface area (Å²) in [7, 11) is 0. The van der Waals surface area contributed by atoms with Crippen LogP contribution in [0.15, 0.2) is 60.0 Å². The second kappa shape index (κ2) is 7.72. The Labute approximate surface area is 175 Å². The largest absolute Gasteiger partial charge is 0.494 e. The second-order valence-corrected chi connectivity index (χ2v) is 6.82. The Bertz CT molecular complexity index is 1190. The van der Waals surface area contributed by atoms with Crippen molar-refractivity contribution in [3.63, 3.8) is 0 Å². The fourth-order valence-corrected chi connectivity index (χ4v) is 3.57. The van der Waals surface area contributed by atoms with E-state index in [-0.39, 0.29) is 17.3 Å². The molecule has 0 saturated heterocycles. The fourth-order valence-electron chi connectivity index (χ4n) is 3.57. The number of nitrogens with two attached hydrogens (primary N) is 1. The smallest absolute Gasteiger partial charge is 0.416 e. The summed E-state index contributed by atoms with van der Waals surface area (Å²) < 4.78 is 50.1. The minimum atomic E-state index is -4.47. The molecular weight excluding hydrogens is 409 g/mol. The van der Waals surface area contributed by atoms with Gasteiger partial charge in [-0.05, 0) is 36.8 Å². The molecule has 2 aromatic carbocycles. The first-order valence-corrected chi connectivity index (χ1v) is 9.39. The Hall–Kier alpha value is -3.93. The third kappa shape index (κ3) is 3.68. The Morgan fingerprint density at radius 1 is 1.23 bits per heavy atom. The van der Waals surface area contributed by atoms with Gasteiger partial charge in [0.25, 0.3) is 0 Å². The van der Waals surface area contributed by atoms with Crippen LogP contribution in [0.4, 0.5) is 13.2 Å². The first kappa shape index (κ1) is 20.3. The number of nitrogens with zero attached hydrogens (tertiary/aromatic N) is 2. The van der Waals surface area contributed by atoms with E-state index in [1.807, 2.05) is 19.1 Å². The number of allylic oxidation sites excluding steroid dienone is 1. The van der Waals surface area contributed by atoms with Crippen LogP contribution in [0.5, 0.6) is 11.6 Å². The summed E-state index contributed by atoms with van der Waals surface area (Å²) in [6.45, 7) is 2.35. The van der Waals surface area contributed by atoms with E-state index in [4.69, 9.17) is 15.2 Å². The van der Waals surface area contributed by atoms with E-state index in [9.17, 15) is 18.4 Å². The number of fused-ring (bicyclic) bond motifs is 1. The molecule has 0 fully saturated rings. The molecule has 3 aromatic rings. The Morgan fingerprint density at radius 3 is 2.61 bits per heavy atom. The summed E-state index contributed by atoms with van der Waals surface area (Å²) in [4.78, 5) is 0. The van der Waals surface area contributed by atoms with Gasteiger partial charge in [0.1, 0.15) is 17.4 Å². The average molecular weight is 426 g/mol. The molecule has 0 radical (unpaired) electrons. The van der Waals surface area contributed by atoms with Crippen LogP contribution in [0.25, 0.3) is 11.3 Å². The highest BCUT2D eigenvalue weighted by molar-refractivity contribution is 5.71. The number of rotatable bonds is 4. The number of aromatic nitrogens is 2. The molecule has 31 heavy (non-hydrogen) atoms. The summed E-state index contributed by atoms with van der Waals surface area (Å²) in [6.07, 6.45) is -4.47. The summed E-state index contributed by atoms with van der Waals surface area (Å²) in [5.41, 5.74) is 7.49. The number of H-pyrrole nitrogens is 1. The molecule has 4 rings (SSSR count). The van der Waals surface area contributed by atoms with E-state index in [0.29, 0.717) is 29.2 Å². The standard InChI is InChI=1S/C22H17F3N4O2/c1-2-30-15-5-3-4-13(10-15)19-18-17(12-6-8-14(9-7-12)22(23,24)25)16(11-26)20(27)31-21(18)29-28-19/h3-10,17H,2,27H2,1H3,(H,28,29). The maximum absolute atomic E-state index is 13.0. The van der Waals surface area contributed by atoms with Crippen molar-refractivity contribution in [3.05, 3.63) is 76.7 Å². The zero-order chi connectivity index (χ0) is 22.2. The molecule has 1 atom stereocenters. The van der Waals surface area contributed by atoms with Gasteiger partial charge in [0.05, 0.1) is 29.3 Å². The molecule has 1 aromatic heterocycles. The number of benzene rings is 2. The van der Waals surface area contributed by atoms with Crippen LogP contribution < -0.4 is 15.2 Å². The van der Waals surface area contributed by atoms with Gasteiger partial charge in [-0.1, -0.05) is 24.3 Å². The number of ether oxygens (including phenoxy) is 2. The van der Waals surface area contributed by atoms with Crippen molar-refractivity contribution in [3.8, 4) is 29.0 Å². The number of hydrogen-bond acceptors (Lipinski definition) is 5. The Kier molecular flexibility index (Phi) is 5.07. The van der Waals surface area contributed by atoms with Crippen molar-refractivity contribution in [1.29, 1.82) is 5.26 Å². The molecular formula is C22H17F3N4O2. The topological polar surface area (TPSA) is 97.0 Å². The number of alkyl halides is 3. The van der Waals surface area contributed by atoms with Crippen molar-refractivity contribution in [2.24, 2.45) is 5.73 Å². The molecule has 158 valence electrons. The SMILES string of the molecule is CCOc1cccc(-c2[nH]nc3c2C(c2ccc(C(F)(F)F)cc2)C(C#N)=C(N)O3)c1. The Balaban J connectivity index is 1.86. The van der Waals surface area contributed by atoms with Gasteiger partial charge in [-0.3, -0.25) is 5.10 Å². The quantitative estimate of drug-likeness (QED) is 0.630. The van der Waals surface area contributed by atoms with Gasteiger partial charge in [0, 0.05) is 5.56 Å². The minimum Gasteiger partial charge on any atom is -0.494 e. The molecule has 1 aliphatic rings.